The lowest BCUT2D eigenvalue weighted by molar-refractivity contribution is -0.0253. The smallest absolute Gasteiger partial charge is 0.133 e. The third-order valence-electron chi connectivity index (χ3n) is 3.59. The average Bonchev–Trinajstić information content (AvgIpc) is 2.48. The van der Waals surface area contributed by atoms with E-state index >= 15 is 0 Å². The summed E-state index contributed by atoms with van der Waals surface area (Å²) in [6.07, 6.45) is 0.297. The van der Waals surface area contributed by atoms with Crippen molar-refractivity contribution in [1.29, 1.82) is 0 Å². The Bertz CT molecular complexity index is 428. The van der Waals surface area contributed by atoms with Crippen LogP contribution in [0.1, 0.15) is 12.5 Å². The number of halogens is 1. The molecule has 1 aliphatic heterocycles. The van der Waals surface area contributed by atoms with E-state index in [1.165, 1.54) is 5.56 Å². The second kappa shape index (κ2) is 7.98. The van der Waals surface area contributed by atoms with E-state index in [2.05, 4.69) is 45.2 Å². The van der Waals surface area contributed by atoms with Crippen LogP contribution in [-0.4, -0.2) is 50.9 Å². The van der Waals surface area contributed by atoms with Crippen LogP contribution in [0.4, 0.5) is 0 Å². The summed E-state index contributed by atoms with van der Waals surface area (Å²) in [5, 5.41) is 3.47. The lowest BCUT2D eigenvalue weighted by Gasteiger charge is -2.32. The molecule has 5 heteroatoms. The molecule has 0 bridgehead atoms. The molecule has 1 atom stereocenters. The van der Waals surface area contributed by atoms with Gasteiger partial charge in [0.2, 0.25) is 0 Å². The lowest BCUT2D eigenvalue weighted by atomic mass is 10.2. The van der Waals surface area contributed by atoms with Crippen molar-refractivity contribution in [3.8, 4) is 5.75 Å². The zero-order chi connectivity index (χ0) is 14.4. The number of likely N-dealkylation sites (N-methyl/N-ethyl adjacent to an activating group) is 1. The van der Waals surface area contributed by atoms with Gasteiger partial charge >= 0.3 is 0 Å². The normalized spacial score (nSPS) is 20.1. The fourth-order valence-electron chi connectivity index (χ4n) is 2.39. The topological polar surface area (TPSA) is 33.7 Å². The molecule has 0 spiro atoms. The molecule has 0 radical (unpaired) electrons. The maximum absolute atomic E-state index is 5.77. The van der Waals surface area contributed by atoms with E-state index < -0.39 is 0 Å². The Kier molecular flexibility index (Phi) is 6.29. The molecule has 1 aliphatic rings. The van der Waals surface area contributed by atoms with Gasteiger partial charge < -0.3 is 14.8 Å². The van der Waals surface area contributed by atoms with E-state index in [0.717, 1.165) is 49.6 Å². The van der Waals surface area contributed by atoms with Crippen molar-refractivity contribution in [2.45, 2.75) is 19.6 Å². The molecule has 112 valence electrons. The van der Waals surface area contributed by atoms with Gasteiger partial charge in [0.15, 0.2) is 0 Å². The SMILES string of the molecule is CCN1CCOC(CNCc2ccc(OC)c(Br)c2)C1. The van der Waals surface area contributed by atoms with Gasteiger partial charge in [-0.3, -0.25) is 4.90 Å². The highest BCUT2D eigenvalue weighted by Gasteiger charge is 2.18. The first-order valence-corrected chi connectivity index (χ1v) is 7.89. The van der Waals surface area contributed by atoms with Crippen molar-refractivity contribution < 1.29 is 9.47 Å². The van der Waals surface area contributed by atoms with Crippen LogP contribution in [0, 0.1) is 0 Å². The zero-order valence-corrected chi connectivity index (χ0v) is 13.8. The minimum absolute atomic E-state index is 0.297. The summed E-state index contributed by atoms with van der Waals surface area (Å²) in [4.78, 5) is 2.43. The van der Waals surface area contributed by atoms with Crippen LogP contribution in [0.15, 0.2) is 22.7 Å². The Morgan fingerprint density at radius 3 is 3.05 bits per heavy atom. The van der Waals surface area contributed by atoms with Crippen LogP contribution in [0.5, 0.6) is 5.75 Å². The highest BCUT2D eigenvalue weighted by atomic mass is 79.9. The quantitative estimate of drug-likeness (QED) is 0.859. The Balaban J connectivity index is 1.76. The number of rotatable bonds is 6. The van der Waals surface area contributed by atoms with Crippen molar-refractivity contribution in [2.75, 3.05) is 39.9 Å². The van der Waals surface area contributed by atoms with Crippen molar-refractivity contribution in [1.82, 2.24) is 10.2 Å². The Morgan fingerprint density at radius 1 is 1.50 bits per heavy atom. The van der Waals surface area contributed by atoms with E-state index in [1.54, 1.807) is 7.11 Å². The molecular formula is C15H23BrN2O2. The molecule has 20 heavy (non-hydrogen) atoms. The highest BCUT2D eigenvalue weighted by molar-refractivity contribution is 9.10. The summed E-state index contributed by atoms with van der Waals surface area (Å²) in [5.41, 5.74) is 1.24. The van der Waals surface area contributed by atoms with Crippen LogP contribution in [0.3, 0.4) is 0 Å². The van der Waals surface area contributed by atoms with E-state index in [0.29, 0.717) is 6.10 Å². The lowest BCUT2D eigenvalue weighted by Crippen LogP contribution is -2.46. The number of benzene rings is 1. The first kappa shape index (κ1) is 15.8. The van der Waals surface area contributed by atoms with Gasteiger partial charge in [-0.2, -0.15) is 0 Å². The van der Waals surface area contributed by atoms with Gasteiger partial charge in [0, 0.05) is 26.2 Å². The van der Waals surface area contributed by atoms with Gasteiger partial charge in [-0.25, -0.2) is 0 Å². The highest BCUT2D eigenvalue weighted by Crippen LogP contribution is 2.25. The molecule has 0 saturated carbocycles. The summed E-state index contributed by atoms with van der Waals surface area (Å²) in [6.45, 7) is 7.95. The molecule has 1 aromatic rings. The van der Waals surface area contributed by atoms with Crippen LogP contribution in [-0.2, 0) is 11.3 Å². The summed E-state index contributed by atoms with van der Waals surface area (Å²) in [7, 11) is 1.68. The third-order valence-corrected chi connectivity index (χ3v) is 4.21. The number of nitrogens with zero attached hydrogens (tertiary/aromatic N) is 1. The number of ether oxygens (including phenoxy) is 2. The molecule has 0 aromatic heterocycles. The van der Waals surface area contributed by atoms with Crippen molar-refractivity contribution in [2.24, 2.45) is 0 Å². The van der Waals surface area contributed by atoms with Gasteiger partial charge in [0.1, 0.15) is 5.75 Å². The van der Waals surface area contributed by atoms with Gasteiger partial charge in [0.25, 0.3) is 0 Å². The largest absolute Gasteiger partial charge is 0.496 e. The predicted molar refractivity (Wildman–Crippen MR) is 84.3 cm³/mol. The molecule has 1 unspecified atom stereocenters. The van der Waals surface area contributed by atoms with Crippen LogP contribution in [0.2, 0.25) is 0 Å². The minimum atomic E-state index is 0.297. The van der Waals surface area contributed by atoms with Gasteiger partial charge in [-0.15, -0.1) is 0 Å². The summed E-state index contributed by atoms with van der Waals surface area (Å²) < 4.78 is 12.0. The molecule has 1 fully saturated rings. The Hall–Kier alpha value is -0.620. The maximum atomic E-state index is 5.77. The molecule has 4 nitrogen and oxygen atoms in total. The van der Waals surface area contributed by atoms with Crippen LogP contribution < -0.4 is 10.1 Å². The van der Waals surface area contributed by atoms with Crippen LogP contribution >= 0.6 is 15.9 Å². The molecular weight excluding hydrogens is 320 g/mol. The minimum Gasteiger partial charge on any atom is -0.496 e. The molecule has 1 heterocycles. The maximum Gasteiger partial charge on any atom is 0.133 e. The molecule has 1 N–H and O–H groups in total. The van der Waals surface area contributed by atoms with Crippen molar-refractivity contribution >= 4 is 15.9 Å². The number of morpholine rings is 1. The van der Waals surface area contributed by atoms with Crippen molar-refractivity contribution in [3.05, 3.63) is 28.2 Å². The van der Waals surface area contributed by atoms with Gasteiger partial charge in [-0.1, -0.05) is 13.0 Å². The summed E-state index contributed by atoms with van der Waals surface area (Å²) in [6, 6.07) is 6.15. The number of nitrogens with one attached hydrogen (secondary N) is 1. The zero-order valence-electron chi connectivity index (χ0n) is 12.2. The first-order valence-electron chi connectivity index (χ1n) is 7.10. The number of hydrogen-bond donors (Lipinski definition) is 1. The average molecular weight is 343 g/mol. The second-order valence-corrected chi connectivity index (χ2v) is 5.84. The van der Waals surface area contributed by atoms with E-state index in [1.807, 2.05) is 6.07 Å². The molecule has 1 saturated heterocycles. The number of methoxy groups -OCH3 is 1. The van der Waals surface area contributed by atoms with E-state index in [9.17, 15) is 0 Å². The van der Waals surface area contributed by atoms with Gasteiger partial charge in [0.05, 0.1) is 24.3 Å². The summed E-state index contributed by atoms with van der Waals surface area (Å²) >= 11 is 3.51. The van der Waals surface area contributed by atoms with E-state index in [-0.39, 0.29) is 0 Å². The Morgan fingerprint density at radius 2 is 2.35 bits per heavy atom. The standard InChI is InChI=1S/C15H23BrN2O2/c1-3-18-6-7-20-13(11-18)10-17-9-12-4-5-15(19-2)14(16)8-12/h4-5,8,13,17H,3,6-7,9-11H2,1-2H3. The van der Waals surface area contributed by atoms with Crippen LogP contribution in [0.25, 0.3) is 0 Å². The fraction of sp³-hybridized carbons (Fsp3) is 0.600. The van der Waals surface area contributed by atoms with E-state index in [4.69, 9.17) is 9.47 Å². The first-order chi connectivity index (χ1) is 9.72. The third kappa shape index (κ3) is 4.45. The Labute approximate surface area is 129 Å². The molecule has 0 amide bonds. The van der Waals surface area contributed by atoms with Crippen molar-refractivity contribution in [3.63, 3.8) is 0 Å². The summed E-state index contributed by atoms with van der Waals surface area (Å²) in [5.74, 6) is 0.864. The molecule has 2 rings (SSSR count). The monoisotopic (exact) mass is 342 g/mol. The number of hydrogen-bond acceptors (Lipinski definition) is 4. The second-order valence-electron chi connectivity index (χ2n) is 4.99. The predicted octanol–water partition coefficient (Wildman–Crippen LogP) is 2.27. The molecule has 0 aliphatic carbocycles. The van der Waals surface area contributed by atoms with Gasteiger partial charge in [-0.05, 0) is 40.2 Å². The fourth-order valence-corrected chi connectivity index (χ4v) is 2.98. The molecule has 1 aromatic carbocycles.